The molecule has 3 rings (SSSR count). The van der Waals surface area contributed by atoms with E-state index in [9.17, 15) is 9.59 Å². The van der Waals surface area contributed by atoms with Crippen LogP contribution in [-0.2, 0) is 9.59 Å². The molecule has 0 saturated carbocycles. The highest BCUT2D eigenvalue weighted by Crippen LogP contribution is 2.27. The van der Waals surface area contributed by atoms with Gasteiger partial charge in [-0.3, -0.25) is 9.59 Å². The minimum absolute atomic E-state index is 0.0296. The van der Waals surface area contributed by atoms with Crippen molar-refractivity contribution in [3.05, 3.63) is 59.6 Å². The molecule has 168 valence electrons. The molecule has 1 atom stereocenters. The van der Waals surface area contributed by atoms with Gasteiger partial charge >= 0.3 is 0 Å². The molecule has 0 aliphatic carbocycles. The third-order valence-electron chi connectivity index (χ3n) is 4.89. The van der Waals surface area contributed by atoms with Gasteiger partial charge in [0.25, 0.3) is 0 Å². The number of nitrogens with zero attached hydrogens (tertiary/aromatic N) is 3. The van der Waals surface area contributed by atoms with Crippen molar-refractivity contribution >= 4 is 51.6 Å². The Morgan fingerprint density at radius 3 is 2.53 bits per heavy atom. The summed E-state index contributed by atoms with van der Waals surface area (Å²) < 4.78 is 0. The number of halogens is 1. The van der Waals surface area contributed by atoms with E-state index in [-0.39, 0.29) is 24.3 Å². The molecule has 2 aromatic carbocycles. The van der Waals surface area contributed by atoms with E-state index in [1.54, 1.807) is 17.0 Å². The Morgan fingerprint density at radius 1 is 1.12 bits per heavy atom. The zero-order valence-electron chi connectivity index (χ0n) is 18.0. The van der Waals surface area contributed by atoms with Gasteiger partial charge in [0, 0.05) is 34.5 Å². The van der Waals surface area contributed by atoms with Gasteiger partial charge in [0.1, 0.15) is 5.01 Å². The summed E-state index contributed by atoms with van der Waals surface area (Å²) in [7, 11) is 0. The first-order valence-electron chi connectivity index (χ1n) is 10.3. The molecule has 1 aromatic heterocycles. The van der Waals surface area contributed by atoms with Gasteiger partial charge in [0.15, 0.2) is 0 Å². The van der Waals surface area contributed by atoms with Gasteiger partial charge < -0.3 is 10.2 Å². The number of rotatable bonds is 10. The largest absolute Gasteiger partial charge is 0.339 e. The summed E-state index contributed by atoms with van der Waals surface area (Å²) in [6.07, 6.45) is 1.02. The van der Waals surface area contributed by atoms with Crippen LogP contribution in [0.3, 0.4) is 0 Å². The summed E-state index contributed by atoms with van der Waals surface area (Å²) in [5, 5.41) is 12.8. The smallest absolute Gasteiger partial charge is 0.233 e. The van der Waals surface area contributed by atoms with Crippen molar-refractivity contribution in [2.75, 3.05) is 17.6 Å². The van der Waals surface area contributed by atoms with Crippen molar-refractivity contribution in [3.63, 3.8) is 0 Å². The number of carbonyl (C=O) groups excluding carboxylic acids is 2. The molecular weight excluding hydrogens is 464 g/mol. The molecule has 6 nitrogen and oxygen atoms in total. The van der Waals surface area contributed by atoms with Gasteiger partial charge in [-0.1, -0.05) is 60.2 Å². The van der Waals surface area contributed by atoms with Gasteiger partial charge in [0.2, 0.25) is 16.9 Å². The van der Waals surface area contributed by atoms with Crippen LogP contribution in [0.15, 0.2) is 59.5 Å². The van der Waals surface area contributed by atoms with Gasteiger partial charge in [-0.15, -0.1) is 22.0 Å². The number of carbonyl (C=O) groups is 2. The Kier molecular flexibility index (Phi) is 9.08. The Balaban J connectivity index is 1.53. The molecule has 0 bridgehead atoms. The van der Waals surface area contributed by atoms with Crippen molar-refractivity contribution in [1.82, 2.24) is 15.1 Å². The monoisotopic (exact) mass is 488 g/mol. The number of benzene rings is 2. The van der Waals surface area contributed by atoms with Crippen LogP contribution in [0.1, 0.15) is 26.7 Å². The van der Waals surface area contributed by atoms with Crippen LogP contribution in [0.4, 0.5) is 5.13 Å². The molecule has 1 N–H and O–H groups in total. The first-order valence-corrected chi connectivity index (χ1v) is 12.5. The second-order valence-electron chi connectivity index (χ2n) is 7.16. The fourth-order valence-electron chi connectivity index (χ4n) is 2.94. The molecule has 0 spiro atoms. The van der Waals surface area contributed by atoms with E-state index >= 15 is 0 Å². The lowest BCUT2D eigenvalue weighted by molar-refractivity contribution is -0.130. The number of hydrogen-bond acceptors (Lipinski definition) is 6. The highest BCUT2D eigenvalue weighted by atomic mass is 35.5. The van der Waals surface area contributed by atoms with Gasteiger partial charge in [-0.05, 0) is 37.6 Å². The molecule has 1 heterocycles. The lowest BCUT2D eigenvalue weighted by Gasteiger charge is -2.28. The number of nitrogens with one attached hydrogen (secondary N) is 1. The second kappa shape index (κ2) is 12.0. The zero-order chi connectivity index (χ0) is 22.9. The SMILES string of the molecule is CCC(C)N(CCC(=O)Nc1nnc(-c2ccc(Cl)cc2)s1)C(=O)CSc1ccccc1. The first-order chi connectivity index (χ1) is 15.5. The topological polar surface area (TPSA) is 75.2 Å². The van der Waals surface area contributed by atoms with Crippen molar-refractivity contribution in [2.45, 2.75) is 37.6 Å². The number of hydrogen-bond donors (Lipinski definition) is 1. The summed E-state index contributed by atoms with van der Waals surface area (Å²) in [5.74, 6) is 0.180. The van der Waals surface area contributed by atoms with Crippen molar-refractivity contribution < 1.29 is 9.59 Å². The Hall–Kier alpha value is -2.42. The molecule has 0 saturated heterocycles. The molecule has 0 fully saturated rings. The van der Waals surface area contributed by atoms with Crippen molar-refractivity contribution in [1.29, 1.82) is 0 Å². The normalized spacial score (nSPS) is 11.7. The molecular formula is C23H25ClN4O2S2. The molecule has 0 radical (unpaired) electrons. The lowest BCUT2D eigenvalue weighted by atomic mass is 10.2. The standard InChI is InChI=1S/C23H25ClN4O2S2/c1-3-16(2)28(21(30)15-31-19-7-5-4-6-8-19)14-13-20(29)25-23-27-26-22(32-23)17-9-11-18(24)12-10-17/h4-12,16H,3,13-15H2,1-2H3,(H,25,27,29). The fourth-order valence-corrected chi connectivity index (χ4v) is 4.64. The van der Waals surface area contributed by atoms with Gasteiger partial charge in [-0.2, -0.15) is 0 Å². The molecule has 32 heavy (non-hydrogen) atoms. The second-order valence-corrected chi connectivity index (χ2v) is 9.63. The number of aromatic nitrogens is 2. The van der Waals surface area contributed by atoms with Crippen molar-refractivity contribution in [2.24, 2.45) is 0 Å². The summed E-state index contributed by atoms with van der Waals surface area (Å²) in [5.41, 5.74) is 0.886. The highest BCUT2D eigenvalue weighted by Gasteiger charge is 2.20. The van der Waals surface area contributed by atoms with Crippen LogP contribution in [0.25, 0.3) is 10.6 Å². The van der Waals surface area contributed by atoms with E-state index < -0.39 is 0 Å². The molecule has 3 aromatic rings. The molecule has 0 aliphatic heterocycles. The summed E-state index contributed by atoms with van der Waals surface area (Å²) in [6, 6.07) is 17.2. The number of thioether (sulfide) groups is 1. The predicted octanol–water partition coefficient (Wildman–Crippen LogP) is 5.61. The average molecular weight is 489 g/mol. The zero-order valence-corrected chi connectivity index (χ0v) is 20.3. The minimum Gasteiger partial charge on any atom is -0.339 e. The van der Waals surface area contributed by atoms with Crippen LogP contribution in [-0.4, -0.2) is 45.3 Å². The lowest BCUT2D eigenvalue weighted by Crippen LogP contribution is -2.41. The Bertz CT molecular complexity index is 1030. The molecule has 9 heteroatoms. The summed E-state index contributed by atoms with van der Waals surface area (Å²) in [6.45, 7) is 4.40. The van der Waals surface area contributed by atoms with E-state index in [1.165, 1.54) is 23.1 Å². The third kappa shape index (κ3) is 7.05. The van der Waals surface area contributed by atoms with E-state index in [2.05, 4.69) is 15.5 Å². The Labute approximate surface area is 201 Å². The quantitative estimate of drug-likeness (QED) is 0.375. The molecule has 0 aliphatic rings. The van der Waals surface area contributed by atoms with Crippen LogP contribution in [0.5, 0.6) is 0 Å². The predicted molar refractivity (Wildman–Crippen MR) is 132 cm³/mol. The van der Waals surface area contributed by atoms with Crippen LogP contribution in [0.2, 0.25) is 5.02 Å². The fraction of sp³-hybridized carbons (Fsp3) is 0.304. The summed E-state index contributed by atoms with van der Waals surface area (Å²) >= 11 is 8.72. The third-order valence-corrected chi connectivity index (χ3v) is 7.03. The van der Waals surface area contributed by atoms with E-state index in [0.29, 0.717) is 27.5 Å². The van der Waals surface area contributed by atoms with Crippen LogP contribution in [0, 0.1) is 0 Å². The maximum atomic E-state index is 12.8. The highest BCUT2D eigenvalue weighted by molar-refractivity contribution is 8.00. The maximum Gasteiger partial charge on any atom is 0.233 e. The number of amides is 2. The first kappa shape index (κ1) is 24.2. The summed E-state index contributed by atoms with van der Waals surface area (Å²) in [4.78, 5) is 28.1. The Morgan fingerprint density at radius 2 is 1.84 bits per heavy atom. The molecule has 1 unspecified atom stereocenters. The maximum absolute atomic E-state index is 12.8. The van der Waals surface area contributed by atoms with Gasteiger partial charge in [-0.25, -0.2) is 0 Å². The van der Waals surface area contributed by atoms with E-state index in [0.717, 1.165) is 16.9 Å². The minimum atomic E-state index is -0.194. The van der Waals surface area contributed by atoms with Crippen LogP contribution < -0.4 is 5.32 Å². The average Bonchev–Trinajstić information content (AvgIpc) is 3.27. The van der Waals surface area contributed by atoms with Crippen molar-refractivity contribution in [3.8, 4) is 10.6 Å². The van der Waals surface area contributed by atoms with E-state index in [1.807, 2.05) is 56.3 Å². The van der Waals surface area contributed by atoms with E-state index in [4.69, 9.17) is 11.6 Å². The molecule has 2 amide bonds. The number of anilines is 1. The van der Waals surface area contributed by atoms with Gasteiger partial charge in [0.05, 0.1) is 5.75 Å². The van der Waals surface area contributed by atoms with Crippen LogP contribution >= 0.6 is 34.7 Å².